The van der Waals surface area contributed by atoms with Crippen LogP contribution in [0.15, 0.2) is 18.2 Å². The first-order chi connectivity index (χ1) is 8.34. The molecule has 1 atom stereocenters. The molecule has 1 aliphatic heterocycles. The molecule has 2 rings (SSSR count). The van der Waals surface area contributed by atoms with Gasteiger partial charge in [-0.15, -0.1) is 0 Å². The predicted molar refractivity (Wildman–Crippen MR) is 75.8 cm³/mol. The highest BCUT2D eigenvalue weighted by Crippen LogP contribution is 2.44. The van der Waals surface area contributed by atoms with Gasteiger partial charge in [0, 0.05) is 12.2 Å². The Morgan fingerprint density at radius 2 is 2.17 bits per heavy atom. The second-order valence-electron chi connectivity index (χ2n) is 5.64. The summed E-state index contributed by atoms with van der Waals surface area (Å²) in [5, 5.41) is 11.0. The van der Waals surface area contributed by atoms with Gasteiger partial charge in [-0.1, -0.05) is 31.5 Å². The first kappa shape index (κ1) is 14.2. The summed E-state index contributed by atoms with van der Waals surface area (Å²) >= 11 is 7.43. The number of halogens is 2. The molecule has 1 aliphatic rings. The van der Waals surface area contributed by atoms with Gasteiger partial charge >= 0.3 is 0 Å². The van der Waals surface area contributed by atoms with E-state index in [0.717, 1.165) is 17.7 Å². The minimum atomic E-state index is -0.782. The first-order valence-electron chi connectivity index (χ1n) is 6.08. The van der Waals surface area contributed by atoms with Crippen LogP contribution in [0.5, 0.6) is 0 Å². The Morgan fingerprint density at radius 3 is 2.78 bits per heavy atom. The molecular formula is C14H18ClFOS. The van der Waals surface area contributed by atoms with E-state index < -0.39 is 11.4 Å². The van der Waals surface area contributed by atoms with Crippen molar-refractivity contribution in [3.63, 3.8) is 0 Å². The van der Waals surface area contributed by atoms with Crippen molar-refractivity contribution in [1.29, 1.82) is 0 Å². The van der Waals surface area contributed by atoms with Gasteiger partial charge in [0.05, 0.1) is 10.6 Å². The maximum atomic E-state index is 13.4. The normalized spacial score (nSPS) is 27.2. The molecule has 1 saturated heterocycles. The highest BCUT2D eigenvalue weighted by atomic mass is 35.5. The van der Waals surface area contributed by atoms with Crippen molar-refractivity contribution >= 4 is 23.4 Å². The molecule has 1 aromatic rings. The fraction of sp³-hybridized carbons (Fsp3) is 0.571. The van der Waals surface area contributed by atoms with Crippen LogP contribution in [0.3, 0.4) is 0 Å². The molecule has 0 aromatic heterocycles. The lowest BCUT2D eigenvalue weighted by atomic mass is 9.70. The van der Waals surface area contributed by atoms with Crippen LogP contribution in [0.1, 0.15) is 25.8 Å². The minimum absolute atomic E-state index is 0.128. The van der Waals surface area contributed by atoms with Gasteiger partial charge in [0.2, 0.25) is 0 Å². The minimum Gasteiger partial charge on any atom is -0.388 e. The average Bonchev–Trinajstić information content (AvgIpc) is 2.28. The second kappa shape index (κ2) is 5.03. The van der Waals surface area contributed by atoms with E-state index in [0.29, 0.717) is 12.2 Å². The molecule has 0 bridgehead atoms. The molecule has 100 valence electrons. The van der Waals surface area contributed by atoms with Crippen molar-refractivity contribution in [2.45, 2.75) is 32.3 Å². The van der Waals surface area contributed by atoms with Crippen molar-refractivity contribution in [2.24, 2.45) is 5.41 Å². The molecule has 1 fully saturated rings. The van der Waals surface area contributed by atoms with Crippen LogP contribution in [-0.2, 0) is 6.42 Å². The fourth-order valence-electron chi connectivity index (χ4n) is 2.27. The Kier molecular flexibility index (Phi) is 3.96. The molecule has 0 saturated carbocycles. The zero-order valence-electron chi connectivity index (χ0n) is 10.7. The van der Waals surface area contributed by atoms with Crippen LogP contribution in [0, 0.1) is 11.2 Å². The maximum absolute atomic E-state index is 13.4. The smallest absolute Gasteiger partial charge is 0.142 e. The van der Waals surface area contributed by atoms with Gasteiger partial charge < -0.3 is 5.11 Å². The molecule has 1 unspecified atom stereocenters. The predicted octanol–water partition coefficient (Wildman–Crippen LogP) is 3.92. The topological polar surface area (TPSA) is 20.2 Å². The lowest BCUT2D eigenvalue weighted by Gasteiger charge is -2.46. The second-order valence-corrected chi connectivity index (χ2v) is 7.16. The molecule has 0 aliphatic carbocycles. The van der Waals surface area contributed by atoms with E-state index >= 15 is 0 Å². The van der Waals surface area contributed by atoms with Gasteiger partial charge in [-0.3, -0.25) is 0 Å². The molecule has 18 heavy (non-hydrogen) atoms. The molecular weight excluding hydrogens is 271 g/mol. The quantitative estimate of drug-likeness (QED) is 0.890. The number of hydrogen-bond donors (Lipinski definition) is 1. The van der Waals surface area contributed by atoms with Gasteiger partial charge in [-0.2, -0.15) is 11.8 Å². The fourth-order valence-corrected chi connectivity index (χ4v) is 4.02. The SMILES string of the molecule is CC1(C)CCSCC1(O)Cc1ccc(Cl)c(F)c1. The van der Waals surface area contributed by atoms with Crippen LogP contribution < -0.4 is 0 Å². The largest absolute Gasteiger partial charge is 0.388 e. The molecule has 4 heteroatoms. The molecule has 0 spiro atoms. The van der Waals surface area contributed by atoms with E-state index in [1.807, 2.05) is 0 Å². The first-order valence-corrected chi connectivity index (χ1v) is 7.61. The van der Waals surface area contributed by atoms with Gasteiger partial charge in [0.1, 0.15) is 5.82 Å². The zero-order valence-corrected chi connectivity index (χ0v) is 12.2. The third-order valence-electron chi connectivity index (χ3n) is 3.95. The Hall–Kier alpha value is -0.250. The third-order valence-corrected chi connectivity index (χ3v) is 5.43. The summed E-state index contributed by atoms with van der Waals surface area (Å²) in [6, 6.07) is 4.77. The number of aliphatic hydroxyl groups is 1. The van der Waals surface area contributed by atoms with E-state index in [1.165, 1.54) is 6.07 Å². The van der Waals surface area contributed by atoms with Crippen LogP contribution in [0.4, 0.5) is 4.39 Å². The molecule has 1 aromatic carbocycles. The monoisotopic (exact) mass is 288 g/mol. The van der Waals surface area contributed by atoms with Crippen LogP contribution in [0.25, 0.3) is 0 Å². The summed E-state index contributed by atoms with van der Waals surface area (Å²) in [5.41, 5.74) is -0.125. The number of hydrogen-bond acceptors (Lipinski definition) is 2. The van der Waals surface area contributed by atoms with E-state index in [4.69, 9.17) is 11.6 Å². The Balaban J connectivity index is 2.23. The summed E-state index contributed by atoms with van der Waals surface area (Å²) in [5.74, 6) is 1.35. The summed E-state index contributed by atoms with van der Waals surface area (Å²) in [6.45, 7) is 4.16. The highest BCUT2D eigenvalue weighted by Gasteiger charge is 2.45. The standard InChI is InChI=1S/C14H18ClFOS/c1-13(2)5-6-18-9-14(13,17)8-10-3-4-11(15)12(16)7-10/h3-4,7,17H,5-6,8-9H2,1-2H3. The Morgan fingerprint density at radius 1 is 1.44 bits per heavy atom. The van der Waals surface area contributed by atoms with Gasteiger partial charge in [-0.05, 0) is 35.3 Å². The number of thioether (sulfide) groups is 1. The van der Waals surface area contributed by atoms with E-state index in [2.05, 4.69) is 13.8 Å². The maximum Gasteiger partial charge on any atom is 0.142 e. The van der Waals surface area contributed by atoms with E-state index in [9.17, 15) is 9.50 Å². The van der Waals surface area contributed by atoms with E-state index in [1.54, 1.807) is 23.9 Å². The molecule has 1 heterocycles. The van der Waals surface area contributed by atoms with Gasteiger partial charge in [-0.25, -0.2) is 4.39 Å². The molecule has 0 amide bonds. The highest BCUT2D eigenvalue weighted by molar-refractivity contribution is 7.99. The molecule has 1 N–H and O–H groups in total. The van der Waals surface area contributed by atoms with E-state index in [-0.39, 0.29) is 10.4 Å². The van der Waals surface area contributed by atoms with Gasteiger partial charge in [0.15, 0.2) is 0 Å². The van der Waals surface area contributed by atoms with Crippen molar-refractivity contribution in [1.82, 2.24) is 0 Å². The zero-order chi connectivity index (χ0) is 13.4. The van der Waals surface area contributed by atoms with Crippen molar-refractivity contribution < 1.29 is 9.50 Å². The molecule has 1 nitrogen and oxygen atoms in total. The Labute approximate surface area is 117 Å². The summed E-state index contributed by atoms with van der Waals surface area (Å²) < 4.78 is 13.4. The summed E-state index contributed by atoms with van der Waals surface area (Å²) in [4.78, 5) is 0. The summed E-state index contributed by atoms with van der Waals surface area (Å²) in [7, 11) is 0. The lowest BCUT2D eigenvalue weighted by molar-refractivity contribution is -0.0513. The van der Waals surface area contributed by atoms with Crippen molar-refractivity contribution in [3.05, 3.63) is 34.6 Å². The summed E-state index contributed by atoms with van der Waals surface area (Å²) in [6.07, 6.45) is 1.45. The number of rotatable bonds is 2. The lowest BCUT2D eigenvalue weighted by Crippen LogP contribution is -2.51. The third kappa shape index (κ3) is 2.68. The van der Waals surface area contributed by atoms with Crippen LogP contribution >= 0.6 is 23.4 Å². The number of benzene rings is 1. The van der Waals surface area contributed by atoms with Gasteiger partial charge in [0.25, 0.3) is 0 Å². The Bertz CT molecular complexity index is 449. The van der Waals surface area contributed by atoms with Crippen molar-refractivity contribution in [3.8, 4) is 0 Å². The average molecular weight is 289 g/mol. The van der Waals surface area contributed by atoms with Crippen LogP contribution in [-0.4, -0.2) is 22.2 Å². The molecule has 0 radical (unpaired) electrons. The van der Waals surface area contributed by atoms with Crippen LogP contribution in [0.2, 0.25) is 5.02 Å². The van der Waals surface area contributed by atoms with Crippen molar-refractivity contribution in [2.75, 3.05) is 11.5 Å².